The van der Waals surface area contributed by atoms with Crippen LogP contribution < -0.4 is 15.4 Å². The maximum absolute atomic E-state index is 12.0. The summed E-state index contributed by atoms with van der Waals surface area (Å²) in [5.41, 5.74) is 2.12. The SMILES string of the molecule is O=C(Cc1ccc2c(c1)CCO2)N[C@H]1CCCNC1=O. The molecular formula is C15H18N2O3. The molecule has 0 spiro atoms. The number of carbonyl (C=O) groups excluding carboxylic acids is 2. The Hall–Kier alpha value is -2.04. The Morgan fingerprint density at radius 2 is 2.35 bits per heavy atom. The molecule has 2 amide bonds. The first-order valence-electron chi connectivity index (χ1n) is 7.04. The van der Waals surface area contributed by atoms with Gasteiger partial charge in [-0.1, -0.05) is 12.1 Å². The first-order valence-corrected chi connectivity index (χ1v) is 7.04. The van der Waals surface area contributed by atoms with Crippen LogP contribution in [0.3, 0.4) is 0 Å². The third-order valence-electron chi connectivity index (χ3n) is 3.74. The van der Waals surface area contributed by atoms with E-state index in [2.05, 4.69) is 10.6 Å². The third-order valence-corrected chi connectivity index (χ3v) is 3.74. The second kappa shape index (κ2) is 5.53. The molecule has 0 radical (unpaired) electrons. The summed E-state index contributed by atoms with van der Waals surface area (Å²) in [7, 11) is 0. The summed E-state index contributed by atoms with van der Waals surface area (Å²) in [5, 5.41) is 5.57. The van der Waals surface area contributed by atoms with Gasteiger partial charge in [0.25, 0.3) is 0 Å². The Bertz CT molecular complexity index is 542. The van der Waals surface area contributed by atoms with E-state index < -0.39 is 0 Å². The average Bonchev–Trinajstić information content (AvgIpc) is 2.89. The number of piperidine rings is 1. The van der Waals surface area contributed by atoms with Crippen molar-refractivity contribution in [1.29, 1.82) is 0 Å². The van der Waals surface area contributed by atoms with Crippen molar-refractivity contribution in [3.63, 3.8) is 0 Å². The van der Waals surface area contributed by atoms with Crippen molar-refractivity contribution in [3.05, 3.63) is 29.3 Å². The van der Waals surface area contributed by atoms with E-state index in [1.807, 2.05) is 18.2 Å². The predicted molar refractivity (Wildman–Crippen MR) is 73.5 cm³/mol. The van der Waals surface area contributed by atoms with Crippen LogP contribution in [0.4, 0.5) is 0 Å². The van der Waals surface area contributed by atoms with Crippen LogP contribution in [0.15, 0.2) is 18.2 Å². The number of amides is 2. The quantitative estimate of drug-likeness (QED) is 0.846. The van der Waals surface area contributed by atoms with Gasteiger partial charge in [0.2, 0.25) is 11.8 Å². The lowest BCUT2D eigenvalue weighted by atomic mass is 10.0. The second-order valence-electron chi connectivity index (χ2n) is 5.27. The van der Waals surface area contributed by atoms with Crippen LogP contribution in [-0.4, -0.2) is 31.0 Å². The van der Waals surface area contributed by atoms with E-state index in [0.717, 1.165) is 36.1 Å². The number of rotatable bonds is 3. The Kier molecular flexibility index (Phi) is 3.58. The van der Waals surface area contributed by atoms with Crippen molar-refractivity contribution in [2.75, 3.05) is 13.2 Å². The molecule has 0 aromatic heterocycles. The Morgan fingerprint density at radius 3 is 3.20 bits per heavy atom. The van der Waals surface area contributed by atoms with E-state index >= 15 is 0 Å². The van der Waals surface area contributed by atoms with Gasteiger partial charge in [0.1, 0.15) is 11.8 Å². The summed E-state index contributed by atoms with van der Waals surface area (Å²) in [5.74, 6) is 0.735. The summed E-state index contributed by atoms with van der Waals surface area (Å²) in [6.07, 6.45) is 2.83. The fraction of sp³-hybridized carbons (Fsp3) is 0.467. The molecule has 1 atom stereocenters. The molecule has 0 aliphatic carbocycles. The minimum Gasteiger partial charge on any atom is -0.493 e. The van der Waals surface area contributed by atoms with Crippen molar-refractivity contribution in [2.45, 2.75) is 31.7 Å². The molecule has 3 rings (SSSR count). The first-order chi connectivity index (χ1) is 9.72. The zero-order valence-corrected chi connectivity index (χ0v) is 11.3. The molecule has 1 saturated heterocycles. The minimum absolute atomic E-state index is 0.0769. The van der Waals surface area contributed by atoms with Crippen LogP contribution >= 0.6 is 0 Å². The van der Waals surface area contributed by atoms with Crippen LogP contribution in [0, 0.1) is 0 Å². The monoisotopic (exact) mass is 274 g/mol. The van der Waals surface area contributed by atoms with Gasteiger partial charge >= 0.3 is 0 Å². The highest BCUT2D eigenvalue weighted by atomic mass is 16.5. The molecule has 2 aliphatic rings. The molecule has 1 aromatic rings. The van der Waals surface area contributed by atoms with Crippen LogP contribution in [0.5, 0.6) is 5.75 Å². The number of nitrogens with one attached hydrogen (secondary N) is 2. The van der Waals surface area contributed by atoms with Crippen molar-refractivity contribution < 1.29 is 14.3 Å². The molecule has 1 aromatic carbocycles. The van der Waals surface area contributed by atoms with Crippen LogP contribution in [0.1, 0.15) is 24.0 Å². The van der Waals surface area contributed by atoms with Gasteiger partial charge in [-0.15, -0.1) is 0 Å². The number of carbonyl (C=O) groups is 2. The smallest absolute Gasteiger partial charge is 0.242 e. The topological polar surface area (TPSA) is 67.4 Å². The molecule has 1 fully saturated rings. The van der Waals surface area contributed by atoms with Gasteiger partial charge in [-0.3, -0.25) is 9.59 Å². The van der Waals surface area contributed by atoms with Crippen molar-refractivity contribution in [2.24, 2.45) is 0 Å². The van der Waals surface area contributed by atoms with Gasteiger partial charge < -0.3 is 15.4 Å². The van der Waals surface area contributed by atoms with Gasteiger partial charge in [-0.25, -0.2) is 0 Å². The van der Waals surface area contributed by atoms with Crippen molar-refractivity contribution in [1.82, 2.24) is 10.6 Å². The van der Waals surface area contributed by atoms with E-state index in [-0.39, 0.29) is 17.9 Å². The van der Waals surface area contributed by atoms with Crippen molar-refractivity contribution >= 4 is 11.8 Å². The lowest BCUT2D eigenvalue weighted by Gasteiger charge is -2.22. The predicted octanol–water partition coefficient (Wildman–Crippen LogP) is 0.559. The standard InChI is InChI=1S/C15H18N2O3/c18-14(17-12-2-1-6-16-15(12)19)9-10-3-4-13-11(8-10)5-7-20-13/h3-4,8,12H,1-2,5-7,9H2,(H,16,19)(H,17,18)/t12-/m0/s1. The fourth-order valence-corrected chi connectivity index (χ4v) is 2.69. The average molecular weight is 274 g/mol. The summed E-state index contributed by atoms with van der Waals surface area (Å²) in [6, 6.07) is 5.46. The van der Waals surface area contributed by atoms with E-state index in [1.54, 1.807) is 0 Å². The summed E-state index contributed by atoms with van der Waals surface area (Å²) in [4.78, 5) is 23.6. The maximum atomic E-state index is 12.0. The highest BCUT2D eigenvalue weighted by Crippen LogP contribution is 2.25. The number of hydrogen-bond acceptors (Lipinski definition) is 3. The van der Waals surface area contributed by atoms with Crippen molar-refractivity contribution in [3.8, 4) is 5.75 Å². The molecule has 106 valence electrons. The molecule has 2 N–H and O–H groups in total. The number of hydrogen-bond donors (Lipinski definition) is 2. The molecular weight excluding hydrogens is 256 g/mol. The fourth-order valence-electron chi connectivity index (χ4n) is 2.69. The van der Waals surface area contributed by atoms with Gasteiger partial charge in [0.15, 0.2) is 0 Å². The molecule has 5 heteroatoms. The highest BCUT2D eigenvalue weighted by molar-refractivity contribution is 5.88. The van der Waals surface area contributed by atoms with Crippen LogP contribution in [0.2, 0.25) is 0 Å². The zero-order chi connectivity index (χ0) is 13.9. The molecule has 0 saturated carbocycles. The second-order valence-corrected chi connectivity index (χ2v) is 5.27. The normalized spacial score (nSPS) is 20.8. The van der Waals surface area contributed by atoms with Gasteiger partial charge in [-0.05, 0) is 30.0 Å². The Labute approximate surface area is 117 Å². The van der Waals surface area contributed by atoms with Gasteiger partial charge in [0.05, 0.1) is 13.0 Å². The zero-order valence-electron chi connectivity index (χ0n) is 11.3. The Balaban J connectivity index is 1.60. The minimum atomic E-state index is -0.381. The molecule has 5 nitrogen and oxygen atoms in total. The molecule has 2 heterocycles. The summed E-state index contributed by atoms with van der Waals surface area (Å²) >= 11 is 0. The van der Waals surface area contributed by atoms with E-state index in [9.17, 15) is 9.59 Å². The highest BCUT2D eigenvalue weighted by Gasteiger charge is 2.23. The lowest BCUT2D eigenvalue weighted by Crippen LogP contribution is -2.50. The number of ether oxygens (including phenoxy) is 1. The van der Waals surface area contributed by atoms with E-state index in [4.69, 9.17) is 4.74 Å². The molecule has 0 unspecified atom stereocenters. The molecule has 2 aliphatic heterocycles. The summed E-state index contributed by atoms with van der Waals surface area (Å²) < 4.78 is 5.44. The van der Waals surface area contributed by atoms with Crippen LogP contribution in [0.25, 0.3) is 0 Å². The first kappa shape index (κ1) is 13.0. The lowest BCUT2D eigenvalue weighted by molar-refractivity contribution is -0.129. The maximum Gasteiger partial charge on any atom is 0.242 e. The third kappa shape index (κ3) is 2.76. The van der Waals surface area contributed by atoms with Gasteiger partial charge in [0, 0.05) is 13.0 Å². The van der Waals surface area contributed by atoms with E-state index in [1.165, 1.54) is 0 Å². The number of fused-ring (bicyclic) bond motifs is 1. The summed E-state index contributed by atoms with van der Waals surface area (Å²) in [6.45, 7) is 1.42. The molecule has 0 bridgehead atoms. The van der Waals surface area contributed by atoms with Crippen LogP contribution in [-0.2, 0) is 22.4 Å². The Morgan fingerprint density at radius 1 is 1.45 bits per heavy atom. The molecule has 20 heavy (non-hydrogen) atoms. The van der Waals surface area contributed by atoms with E-state index in [0.29, 0.717) is 19.6 Å². The van der Waals surface area contributed by atoms with Gasteiger partial charge in [-0.2, -0.15) is 0 Å². The number of benzene rings is 1. The largest absolute Gasteiger partial charge is 0.493 e.